The van der Waals surface area contributed by atoms with Crippen molar-refractivity contribution >= 4 is 0 Å². The van der Waals surface area contributed by atoms with E-state index in [1.165, 1.54) is 0 Å². The summed E-state index contributed by atoms with van der Waals surface area (Å²) in [6.07, 6.45) is 3.30. The summed E-state index contributed by atoms with van der Waals surface area (Å²) < 4.78 is 5.46. The summed E-state index contributed by atoms with van der Waals surface area (Å²) in [5, 5.41) is 8.62. The van der Waals surface area contributed by atoms with Crippen LogP contribution in [-0.2, 0) is 4.74 Å². The van der Waals surface area contributed by atoms with Crippen molar-refractivity contribution in [1.82, 2.24) is 0 Å². The third-order valence-electron chi connectivity index (χ3n) is 1.82. The molecule has 2 unspecified atom stereocenters. The van der Waals surface area contributed by atoms with Crippen LogP contribution < -0.4 is 5.73 Å². The van der Waals surface area contributed by atoms with Crippen molar-refractivity contribution in [1.29, 1.82) is 0 Å². The lowest BCUT2D eigenvalue weighted by atomic mass is 10.2. The van der Waals surface area contributed by atoms with Crippen LogP contribution in [0.25, 0.3) is 0 Å². The van der Waals surface area contributed by atoms with Crippen LogP contribution in [0, 0.1) is 0 Å². The van der Waals surface area contributed by atoms with Crippen LogP contribution in [0.15, 0.2) is 0 Å². The van der Waals surface area contributed by atoms with Gasteiger partial charge in [0.15, 0.2) is 0 Å². The predicted molar refractivity (Wildman–Crippen MR) is 50.0 cm³/mol. The average molecular weight is 175 g/mol. The van der Waals surface area contributed by atoms with E-state index in [9.17, 15) is 0 Å². The lowest BCUT2D eigenvalue weighted by molar-refractivity contribution is 0.0521. The quantitative estimate of drug-likeness (QED) is 0.604. The monoisotopic (exact) mass is 175 g/mol. The summed E-state index contributed by atoms with van der Waals surface area (Å²) in [6.45, 7) is 4.90. The fourth-order valence-corrected chi connectivity index (χ4v) is 1.00. The van der Waals surface area contributed by atoms with Crippen molar-refractivity contribution in [2.45, 2.75) is 45.3 Å². The van der Waals surface area contributed by atoms with E-state index in [0.29, 0.717) is 12.7 Å². The number of hydrogen-bond donors (Lipinski definition) is 2. The minimum atomic E-state index is -0.126. The second kappa shape index (κ2) is 7.53. The third kappa shape index (κ3) is 6.58. The summed E-state index contributed by atoms with van der Waals surface area (Å²) in [4.78, 5) is 0. The van der Waals surface area contributed by atoms with Crippen molar-refractivity contribution in [3.05, 3.63) is 0 Å². The Hall–Kier alpha value is -0.120. The third-order valence-corrected chi connectivity index (χ3v) is 1.82. The van der Waals surface area contributed by atoms with Crippen LogP contribution in [-0.4, -0.2) is 30.5 Å². The second-order valence-corrected chi connectivity index (χ2v) is 3.20. The lowest BCUT2D eigenvalue weighted by Crippen LogP contribution is -2.26. The van der Waals surface area contributed by atoms with E-state index in [-0.39, 0.29) is 12.6 Å². The highest BCUT2D eigenvalue weighted by Crippen LogP contribution is 2.01. The summed E-state index contributed by atoms with van der Waals surface area (Å²) in [7, 11) is 0. The molecule has 0 spiro atoms. The average Bonchev–Trinajstić information content (AvgIpc) is 2.04. The molecule has 0 saturated heterocycles. The van der Waals surface area contributed by atoms with Gasteiger partial charge in [-0.05, 0) is 19.8 Å². The predicted octanol–water partition coefficient (Wildman–Crippen LogP) is 0.901. The lowest BCUT2D eigenvalue weighted by Gasteiger charge is -2.13. The van der Waals surface area contributed by atoms with E-state index in [1.807, 2.05) is 0 Å². The van der Waals surface area contributed by atoms with E-state index in [4.69, 9.17) is 15.6 Å². The van der Waals surface area contributed by atoms with Crippen LogP contribution in [0.3, 0.4) is 0 Å². The normalized spacial score (nSPS) is 16.0. The first-order valence-corrected chi connectivity index (χ1v) is 4.68. The molecule has 0 rings (SSSR count). The van der Waals surface area contributed by atoms with Gasteiger partial charge in [-0.2, -0.15) is 0 Å². The van der Waals surface area contributed by atoms with Gasteiger partial charge in [0.25, 0.3) is 0 Å². The first-order valence-electron chi connectivity index (χ1n) is 4.68. The van der Waals surface area contributed by atoms with Gasteiger partial charge < -0.3 is 15.6 Å². The highest BCUT2D eigenvalue weighted by Gasteiger charge is 2.03. The van der Waals surface area contributed by atoms with E-state index in [1.54, 1.807) is 0 Å². The van der Waals surface area contributed by atoms with Crippen molar-refractivity contribution in [2.24, 2.45) is 5.73 Å². The zero-order valence-corrected chi connectivity index (χ0v) is 8.12. The Labute approximate surface area is 74.9 Å². The summed E-state index contributed by atoms with van der Waals surface area (Å²) in [5.41, 5.74) is 5.50. The molecule has 0 aromatic heterocycles. The zero-order chi connectivity index (χ0) is 9.40. The summed E-state index contributed by atoms with van der Waals surface area (Å²) in [5.74, 6) is 0. The topological polar surface area (TPSA) is 55.5 Å². The molecule has 12 heavy (non-hydrogen) atoms. The molecule has 0 fully saturated rings. The molecular weight excluding hydrogens is 154 g/mol. The number of aliphatic hydroxyl groups is 1. The number of aliphatic hydroxyl groups excluding tert-OH is 1. The van der Waals surface area contributed by atoms with Crippen molar-refractivity contribution in [3.8, 4) is 0 Å². The minimum absolute atomic E-state index is 0.0471. The Morgan fingerprint density at radius 3 is 2.58 bits per heavy atom. The maximum absolute atomic E-state index is 8.62. The highest BCUT2D eigenvalue weighted by molar-refractivity contribution is 4.58. The Kier molecular flexibility index (Phi) is 7.45. The van der Waals surface area contributed by atoms with E-state index in [0.717, 1.165) is 19.3 Å². The molecule has 0 aliphatic rings. The molecule has 0 aliphatic heterocycles. The smallest absolute Gasteiger partial charge is 0.0583 e. The van der Waals surface area contributed by atoms with Crippen molar-refractivity contribution < 1.29 is 9.84 Å². The van der Waals surface area contributed by atoms with Gasteiger partial charge in [0.05, 0.1) is 12.7 Å². The maximum atomic E-state index is 8.62. The standard InChI is InChI=1S/C9H21NO2/c1-3-4-8(2)12-6-5-9(10)7-11/h8-9,11H,3-7,10H2,1-2H3. The molecule has 0 amide bonds. The van der Waals surface area contributed by atoms with Gasteiger partial charge in [-0.25, -0.2) is 0 Å². The molecule has 0 bridgehead atoms. The fraction of sp³-hybridized carbons (Fsp3) is 1.00. The van der Waals surface area contributed by atoms with Crippen LogP contribution >= 0.6 is 0 Å². The van der Waals surface area contributed by atoms with Crippen LogP contribution in [0.4, 0.5) is 0 Å². The van der Waals surface area contributed by atoms with Gasteiger partial charge in [-0.1, -0.05) is 13.3 Å². The molecule has 0 aromatic rings. The maximum Gasteiger partial charge on any atom is 0.0583 e. The van der Waals surface area contributed by atoms with E-state index in [2.05, 4.69) is 13.8 Å². The second-order valence-electron chi connectivity index (χ2n) is 3.20. The van der Waals surface area contributed by atoms with Gasteiger partial charge >= 0.3 is 0 Å². The minimum Gasteiger partial charge on any atom is -0.395 e. The van der Waals surface area contributed by atoms with Gasteiger partial charge in [0, 0.05) is 12.6 Å². The molecule has 0 heterocycles. The number of rotatable bonds is 7. The van der Waals surface area contributed by atoms with Gasteiger partial charge in [-0.15, -0.1) is 0 Å². The Bertz CT molecular complexity index is 98.5. The highest BCUT2D eigenvalue weighted by atomic mass is 16.5. The molecule has 0 radical (unpaired) electrons. The molecular formula is C9H21NO2. The van der Waals surface area contributed by atoms with Gasteiger partial charge in [-0.3, -0.25) is 0 Å². The van der Waals surface area contributed by atoms with Crippen molar-refractivity contribution in [2.75, 3.05) is 13.2 Å². The molecule has 3 heteroatoms. The van der Waals surface area contributed by atoms with Crippen LogP contribution in [0.5, 0.6) is 0 Å². The summed E-state index contributed by atoms with van der Waals surface area (Å²) in [6, 6.07) is -0.126. The Morgan fingerprint density at radius 2 is 2.08 bits per heavy atom. The molecule has 74 valence electrons. The summed E-state index contributed by atoms with van der Waals surface area (Å²) >= 11 is 0. The SMILES string of the molecule is CCCC(C)OCCC(N)CO. The molecule has 0 saturated carbocycles. The van der Waals surface area contributed by atoms with Crippen molar-refractivity contribution in [3.63, 3.8) is 0 Å². The molecule has 0 aromatic carbocycles. The van der Waals surface area contributed by atoms with Gasteiger partial charge in [0.1, 0.15) is 0 Å². The Morgan fingerprint density at radius 1 is 1.42 bits per heavy atom. The van der Waals surface area contributed by atoms with Crippen LogP contribution in [0.1, 0.15) is 33.1 Å². The molecule has 3 nitrogen and oxygen atoms in total. The fourth-order valence-electron chi connectivity index (χ4n) is 1.00. The van der Waals surface area contributed by atoms with E-state index >= 15 is 0 Å². The Balaban J connectivity index is 3.18. The largest absolute Gasteiger partial charge is 0.395 e. The van der Waals surface area contributed by atoms with Crippen LogP contribution in [0.2, 0.25) is 0 Å². The first kappa shape index (κ1) is 11.9. The van der Waals surface area contributed by atoms with Gasteiger partial charge in [0.2, 0.25) is 0 Å². The van der Waals surface area contributed by atoms with E-state index < -0.39 is 0 Å². The molecule has 3 N–H and O–H groups in total. The number of hydrogen-bond acceptors (Lipinski definition) is 3. The number of ether oxygens (including phenoxy) is 1. The zero-order valence-electron chi connectivity index (χ0n) is 8.12. The number of nitrogens with two attached hydrogens (primary N) is 1. The first-order chi connectivity index (χ1) is 5.70. The molecule has 0 aliphatic carbocycles. The molecule has 2 atom stereocenters.